The Morgan fingerprint density at radius 2 is 2.38 bits per heavy atom. The molecule has 0 rings (SSSR count). The maximum absolute atomic E-state index is 10.1. The van der Waals surface area contributed by atoms with E-state index in [0.717, 1.165) is 12.2 Å². The van der Waals surface area contributed by atoms with Gasteiger partial charge in [0.1, 0.15) is 0 Å². The van der Waals surface area contributed by atoms with E-state index in [1.165, 1.54) is 0 Å². The van der Waals surface area contributed by atoms with Gasteiger partial charge in [-0.3, -0.25) is 4.79 Å². The maximum atomic E-state index is 10.1. The monoisotopic (exact) mass is 133 g/mol. The van der Waals surface area contributed by atoms with Crippen molar-refractivity contribution in [3.63, 3.8) is 0 Å². The lowest BCUT2D eigenvalue weighted by Crippen LogP contribution is -2.09. The molecular weight excluding hydrogens is 122 g/mol. The number of carbonyl (C=O) groups excluding carboxylic acids is 1. The fourth-order valence-electron chi connectivity index (χ4n) is 0.391. The van der Waals surface area contributed by atoms with Crippen molar-refractivity contribution >= 4 is 17.7 Å². The number of hydrogen-bond acceptors (Lipinski definition) is 2. The number of carbonyl (C=O) groups is 1. The number of rotatable bonds is 4. The molecule has 0 heterocycles. The summed E-state index contributed by atoms with van der Waals surface area (Å²) in [7, 11) is 0. The van der Waals surface area contributed by atoms with Crippen molar-refractivity contribution in [1.29, 1.82) is 0 Å². The third kappa shape index (κ3) is 5.82. The lowest BCUT2D eigenvalue weighted by atomic mass is 10.3. The number of nitrogens with two attached hydrogens (primary N) is 1. The molecule has 0 atom stereocenters. The second-order valence-electron chi connectivity index (χ2n) is 1.56. The van der Waals surface area contributed by atoms with E-state index in [1.54, 1.807) is 11.8 Å². The van der Waals surface area contributed by atoms with E-state index in [1.807, 2.05) is 6.26 Å². The van der Waals surface area contributed by atoms with E-state index in [-0.39, 0.29) is 5.91 Å². The van der Waals surface area contributed by atoms with Gasteiger partial charge in [-0.05, 0) is 18.4 Å². The van der Waals surface area contributed by atoms with Gasteiger partial charge < -0.3 is 5.73 Å². The predicted octanol–water partition coefficient (Wildman–Crippen LogP) is 0.615. The van der Waals surface area contributed by atoms with Gasteiger partial charge in [0.25, 0.3) is 0 Å². The van der Waals surface area contributed by atoms with E-state index < -0.39 is 0 Å². The first-order valence-corrected chi connectivity index (χ1v) is 3.94. The topological polar surface area (TPSA) is 43.1 Å². The van der Waals surface area contributed by atoms with Crippen LogP contribution in [0.5, 0.6) is 0 Å². The fourth-order valence-corrected chi connectivity index (χ4v) is 0.824. The highest BCUT2D eigenvalue weighted by atomic mass is 32.2. The van der Waals surface area contributed by atoms with E-state index in [9.17, 15) is 4.79 Å². The summed E-state index contributed by atoms with van der Waals surface area (Å²) < 4.78 is 0. The quantitative estimate of drug-likeness (QED) is 0.571. The Morgan fingerprint density at radius 3 is 2.75 bits per heavy atom. The fraction of sp³-hybridized carbons (Fsp3) is 0.800. The molecule has 0 aromatic rings. The van der Waals surface area contributed by atoms with Gasteiger partial charge in [-0.1, -0.05) is 0 Å². The highest BCUT2D eigenvalue weighted by Crippen LogP contribution is 1.97. The zero-order valence-corrected chi connectivity index (χ0v) is 5.83. The largest absolute Gasteiger partial charge is 0.370 e. The number of amides is 1. The van der Waals surface area contributed by atoms with Crippen LogP contribution in [-0.4, -0.2) is 17.9 Å². The van der Waals surface area contributed by atoms with Gasteiger partial charge >= 0.3 is 0 Å². The molecule has 0 aromatic carbocycles. The van der Waals surface area contributed by atoms with E-state index in [4.69, 9.17) is 5.73 Å². The van der Waals surface area contributed by atoms with Gasteiger partial charge in [-0.2, -0.15) is 11.8 Å². The molecule has 1 amide bonds. The predicted molar refractivity (Wildman–Crippen MR) is 36.8 cm³/mol. The van der Waals surface area contributed by atoms with E-state index in [0.29, 0.717) is 6.42 Å². The molecule has 0 unspecified atom stereocenters. The molecule has 48 valence electrons. The molecule has 0 aliphatic carbocycles. The Labute approximate surface area is 53.8 Å². The van der Waals surface area contributed by atoms with Crippen LogP contribution < -0.4 is 5.73 Å². The lowest BCUT2D eigenvalue weighted by Gasteiger charge is -1.90. The summed E-state index contributed by atoms with van der Waals surface area (Å²) in [5.74, 6) is 0.835. The van der Waals surface area contributed by atoms with E-state index in [2.05, 4.69) is 0 Å². The normalized spacial score (nSPS) is 9.12. The van der Waals surface area contributed by atoms with Crippen LogP contribution in [0.25, 0.3) is 0 Å². The van der Waals surface area contributed by atoms with Crippen LogP contribution in [0.4, 0.5) is 0 Å². The summed E-state index contributed by atoms with van der Waals surface area (Å²) in [6, 6.07) is 0. The number of hydrogen-bond donors (Lipinski definition) is 1. The zero-order valence-electron chi connectivity index (χ0n) is 5.02. The first-order valence-electron chi connectivity index (χ1n) is 2.54. The molecule has 0 saturated heterocycles. The molecule has 0 spiro atoms. The van der Waals surface area contributed by atoms with Crippen LogP contribution in [0.2, 0.25) is 0 Å². The Morgan fingerprint density at radius 1 is 1.75 bits per heavy atom. The molecule has 3 heteroatoms. The summed E-state index contributed by atoms with van der Waals surface area (Å²) in [5.41, 5.74) is 4.89. The van der Waals surface area contributed by atoms with Crippen molar-refractivity contribution in [2.45, 2.75) is 12.8 Å². The molecule has 0 aliphatic rings. The third-order valence-corrected chi connectivity index (χ3v) is 1.47. The van der Waals surface area contributed by atoms with Crippen LogP contribution in [-0.2, 0) is 4.79 Å². The minimum atomic E-state index is -0.195. The molecule has 0 fully saturated rings. The average molecular weight is 133 g/mol. The standard InChI is InChI=1S/C5H11NOS/c1-8-4-2-3-5(6)7/h2-4H2,1H3,(H2,6,7). The summed E-state index contributed by atoms with van der Waals surface area (Å²) in [4.78, 5) is 10.1. The first-order chi connectivity index (χ1) is 3.77. The summed E-state index contributed by atoms with van der Waals surface area (Å²) in [6.07, 6.45) is 3.46. The second kappa shape index (κ2) is 4.97. The summed E-state index contributed by atoms with van der Waals surface area (Å²) in [5, 5.41) is 0. The Hall–Kier alpha value is -0.180. The molecule has 0 bridgehead atoms. The van der Waals surface area contributed by atoms with Crippen molar-refractivity contribution < 1.29 is 4.79 Å². The highest BCUT2D eigenvalue weighted by Gasteiger charge is 1.90. The minimum absolute atomic E-state index is 0.195. The van der Waals surface area contributed by atoms with E-state index >= 15 is 0 Å². The molecule has 2 nitrogen and oxygen atoms in total. The third-order valence-electron chi connectivity index (χ3n) is 0.772. The summed E-state index contributed by atoms with van der Waals surface area (Å²) >= 11 is 1.74. The van der Waals surface area contributed by atoms with Crippen LogP contribution >= 0.6 is 11.8 Å². The van der Waals surface area contributed by atoms with Crippen molar-refractivity contribution in [3.05, 3.63) is 0 Å². The van der Waals surface area contributed by atoms with Gasteiger partial charge in [-0.25, -0.2) is 0 Å². The van der Waals surface area contributed by atoms with Crippen molar-refractivity contribution in [1.82, 2.24) is 0 Å². The molecule has 0 aliphatic heterocycles. The lowest BCUT2D eigenvalue weighted by molar-refractivity contribution is -0.118. The van der Waals surface area contributed by atoms with Crippen LogP contribution in [0.3, 0.4) is 0 Å². The molecule has 0 aromatic heterocycles. The molecule has 8 heavy (non-hydrogen) atoms. The van der Waals surface area contributed by atoms with Crippen molar-refractivity contribution in [3.8, 4) is 0 Å². The Kier molecular flexibility index (Phi) is 4.85. The molecular formula is C5H11NOS. The van der Waals surface area contributed by atoms with Crippen LogP contribution in [0, 0.1) is 0 Å². The highest BCUT2D eigenvalue weighted by molar-refractivity contribution is 7.98. The van der Waals surface area contributed by atoms with Crippen LogP contribution in [0.1, 0.15) is 12.8 Å². The summed E-state index contributed by atoms with van der Waals surface area (Å²) in [6.45, 7) is 0. The number of thioether (sulfide) groups is 1. The Balaban J connectivity index is 2.82. The first kappa shape index (κ1) is 7.82. The van der Waals surface area contributed by atoms with Crippen molar-refractivity contribution in [2.75, 3.05) is 12.0 Å². The SMILES string of the molecule is CSCCCC(N)=O. The maximum Gasteiger partial charge on any atom is 0.217 e. The van der Waals surface area contributed by atoms with Gasteiger partial charge in [0.05, 0.1) is 0 Å². The van der Waals surface area contributed by atoms with Gasteiger partial charge in [-0.15, -0.1) is 0 Å². The Bertz CT molecular complexity index is 74.8. The van der Waals surface area contributed by atoms with Gasteiger partial charge in [0, 0.05) is 6.42 Å². The van der Waals surface area contributed by atoms with Gasteiger partial charge in [0.15, 0.2) is 0 Å². The second-order valence-corrected chi connectivity index (χ2v) is 2.55. The van der Waals surface area contributed by atoms with Gasteiger partial charge in [0.2, 0.25) is 5.91 Å². The molecule has 0 saturated carbocycles. The van der Waals surface area contributed by atoms with Crippen molar-refractivity contribution in [2.24, 2.45) is 5.73 Å². The average Bonchev–Trinajstić information content (AvgIpc) is 1.66. The molecule has 0 radical (unpaired) electrons. The van der Waals surface area contributed by atoms with Crippen LogP contribution in [0.15, 0.2) is 0 Å². The minimum Gasteiger partial charge on any atom is -0.370 e. The number of primary amides is 1. The smallest absolute Gasteiger partial charge is 0.217 e. The zero-order chi connectivity index (χ0) is 6.41. The molecule has 2 N–H and O–H groups in total.